The number of carbonyl (C=O) groups is 1. The summed E-state index contributed by atoms with van der Waals surface area (Å²) >= 11 is 0. The van der Waals surface area contributed by atoms with Gasteiger partial charge in [0.2, 0.25) is 0 Å². The van der Waals surface area contributed by atoms with Crippen molar-refractivity contribution in [3.8, 4) is 0 Å². The molecule has 4 nitrogen and oxygen atoms in total. The third kappa shape index (κ3) is 3.04. The van der Waals surface area contributed by atoms with E-state index in [1.165, 1.54) is 11.1 Å². The number of amides is 1. The Morgan fingerprint density at radius 2 is 1.54 bits per heavy atom. The molecule has 2 fully saturated rings. The molecule has 1 amide bonds. The van der Waals surface area contributed by atoms with Gasteiger partial charge in [-0.2, -0.15) is 0 Å². The van der Waals surface area contributed by atoms with Gasteiger partial charge in [0.05, 0.1) is 12.6 Å². The molecule has 0 radical (unpaired) electrons. The van der Waals surface area contributed by atoms with Gasteiger partial charge in [-0.3, -0.25) is 9.69 Å². The van der Waals surface area contributed by atoms with Crippen LogP contribution in [0.2, 0.25) is 0 Å². The van der Waals surface area contributed by atoms with Crippen LogP contribution in [-0.4, -0.2) is 53.6 Å². The second kappa shape index (κ2) is 6.86. The summed E-state index contributed by atoms with van der Waals surface area (Å²) in [5.41, 5.74) is 2.35. The molecule has 136 valence electrons. The van der Waals surface area contributed by atoms with Crippen molar-refractivity contribution in [2.75, 3.05) is 26.2 Å². The van der Waals surface area contributed by atoms with Crippen molar-refractivity contribution in [3.05, 3.63) is 71.8 Å². The number of hydrogen-bond acceptors (Lipinski definition) is 3. The van der Waals surface area contributed by atoms with E-state index in [0.717, 1.165) is 19.6 Å². The number of benzene rings is 2. The highest BCUT2D eigenvalue weighted by molar-refractivity contribution is 5.81. The normalized spacial score (nSPS) is 22.7. The molecule has 0 aromatic heterocycles. The second-order valence-electron chi connectivity index (χ2n) is 7.42. The Morgan fingerprint density at radius 1 is 1.00 bits per heavy atom. The minimum absolute atomic E-state index is 0.110. The largest absolute Gasteiger partial charge is 0.358 e. The molecule has 2 aliphatic heterocycles. The van der Waals surface area contributed by atoms with Gasteiger partial charge >= 0.3 is 0 Å². The molecule has 1 spiro atoms. The Bertz CT molecular complexity index is 717. The lowest BCUT2D eigenvalue weighted by Crippen LogP contribution is -2.72. The summed E-state index contributed by atoms with van der Waals surface area (Å²) in [4.78, 5) is 16.6. The number of likely N-dealkylation sites (N-methyl/N-ethyl adjacent to an activating group) is 1. The highest BCUT2D eigenvalue weighted by Crippen LogP contribution is 2.40. The number of hydrogen-bond donors (Lipinski definition) is 0. The number of rotatable bonds is 4. The average Bonchev–Trinajstić information content (AvgIpc) is 2.65. The zero-order valence-electron chi connectivity index (χ0n) is 15.5. The summed E-state index contributed by atoms with van der Waals surface area (Å²) in [5.74, 6) is 0.110. The Morgan fingerprint density at radius 3 is 2.04 bits per heavy atom. The predicted octanol–water partition coefficient (Wildman–Crippen LogP) is 3.10. The van der Waals surface area contributed by atoms with Crippen molar-refractivity contribution < 1.29 is 9.53 Å². The highest BCUT2D eigenvalue weighted by Gasteiger charge is 2.52. The first-order chi connectivity index (χ1) is 12.6. The first kappa shape index (κ1) is 17.3. The summed E-state index contributed by atoms with van der Waals surface area (Å²) in [5, 5.41) is 0. The lowest BCUT2D eigenvalue weighted by atomic mass is 9.85. The molecule has 0 aliphatic carbocycles. The summed E-state index contributed by atoms with van der Waals surface area (Å²) in [6.07, 6.45) is -0.349. The molecule has 4 heteroatoms. The van der Waals surface area contributed by atoms with Gasteiger partial charge in [0, 0.05) is 19.6 Å². The number of nitrogens with zero attached hydrogens (tertiary/aromatic N) is 2. The van der Waals surface area contributed by atoms with Gasteiger partial charge in [-0.25, -0.2) is 0 Å². The molecule has 0 N–H and O–H groups in total. The van der Waals surface area contributed by atoms with Crippen LogP contribution >= 0.6 is 0 Å². The van der Waals surface area contributed by atoms with Crippen molar-refractivity contribution in [1.82, 2.24) is 9.80 Å². The van der Waals surface area contributed by atoms with Crippen LogP contribution in [0.3, 0.4) is 0 Å². The third-order valence-electron chi connectivity index (χ3n) is 5.53. The van der Waals surface area contributed by atoms with Gasteiger partial charge in [0.25, 0.3) is 5.91 Å². The van der Waals surface area contributed by atoms with Crippen LogP contribution in [0.25, 0.3) is 0 Å². The summed E-state index contributed by atoms with van der Waals surface area (Å²) in [6.45, 7) is 7.04. The zero-order chi connectivity index (χ0) is 18.1. The van der Waals surface area contributed by atoms with Crippen LogP contribution in [0, 0.1) is 0 Å². The van der Waals surface area contributed by atoms with Gasteiger partial charge in [-0.15, -0.1) is 0 Å². The Balaban J connectivity index is 1.57. The number of likely N-dealkylation sites (tertiary alicyclic amines) is 1. The Kier molecular flexibility index (Phi) is 4.55. The smallest absolute Gasteiger partial charge is 0.251 e. The van der Waals surface area contributed by atoms with Crippen LogP contribution in [-0.2, 0) is 9.53 Å². The quantitative estimate of drug-likeness (QED) is 0.849. The molecule has 2 heterocycles. The molecule has 1 atom stereocenters. The van der Waals surface area contributed by atoms with E-state index >= 15 is 0 Å². The van der Waals surface area contributed by atoms with E-state index in [-0.39, 0.29) is 23.7 Å². The maximum absolute atomic E-state index is 12.2. The monoisotopic (exact) mass is 350 g/mol. The second-order valence-corrected chi connectivity index (χ2v) is 7.42. The van der Waals surface area contributed by atoms with Gasteiger partial charge in [-0.05, 0) is 25.0 Å². The minimum Gasteiger partial charge on any atom is -0.358 e. The maximum atomic E-state index is 12.2. The summed E-state index contributed by atoms with van der Waals surface area (Å²) in [7, 11) is 0. The summed E-state index contributed by atoms with van der Waals surface area (Å²) in [6, 6.07) is 21.5. The maximum Gasteiger partial charge on any atom is 0.251 e. The van der Waals surface area contributed by atoms with E-state index in [1.54, 1.807) is 0 Å². The van der Waals surface area contributed by atoms with Crippen LogP contribution in [0.1, 0.15) is 31.0 Å². The number of morpholine rings is 1. The fourth-order valence-corrected chi connectivity index (χ4v) is 4.35. The molecule has 2 saturated heterocycles. The van der Waals surface area contributed by atoms with Gasteiger partial charge in [-0.1, -0.05) is 60.7 Å². The van der Waals surface area contributed by atoms with Crippen molar-refractivity contribution in [2.24, 2.45) is 0 Å². The lowest BCUT2D eigenvalue weighted by Gasteiger charge is -2.57. The van der Waals surface area contributed by atoms with Crippen molar-refractivity contribution in [1.29, 1.82) is 0 Å². The number of ether oxygens (including phenoxy) is 1. The van der Waals surface area contributed by atoms with Gasteiger partial charge in [0.1, 0.15) is 11.7 Å². The SMILES string of the molecule is CCN1CC2(CN(C(c3ccccc3)c3ccccc3)C2)OC(C)C1=O. The predicted molar refractivity (Wildman–Crippen MR) is 102 cm³/mol. The fraction of sp³-hybridized carbons (Fsp3) is 0.409. The van der Waals surface area contributed by atoms with Gasteiger partial charge in [0.15, 0.2) is 0 Å². The van der Waals surface area contributed by atoms with E-state index in [0.29, 0.717) is 6.54 Å². The van der Waals surface area contributed by atoms with Crippen LogP contribution in [0.4, 0.5) is 0 Å². The van der Waals surface area contributed by atoms with E-state index in [1.807, 2.05) is 18.7 Å². The molecule has 2 aliphatic rings. The van der Waals surface area contributed by atoms with E-state index in [9.17, 15) is 4.79 Å². The molecule has 0 bridgehead atoms. The average molecular weight is 350 g/mol. The third-order valence-corrected chi connectivity index (χ3v) is 5.53. The minimum atomic E-state index is -0.349. The first-order valence-corrected chi connectivity index (χ1v) is 9.42. The molecule has 4 rings (SSSR count). The Labute approximate surface area is 155 Å². The lowest BCUT2D eigenvalue weighted by molar-refractivity contribution is -0.218. The standard InChI is InChI=1S/C22H26N2O2/c1-3-23-14-22(26-17(2)21(23)25)15-24(16-22)20(18-10-6-4-7-11-18)19-12-8-5-9-13-19/h4-13,17,20H,3,14-16H2,1-2H3. The molecule has 0 saturated carbocycles. The van der Waals surface area contributed by atoms with Crippen LogP contribution in [0.15, 0.2) is 60.7 Å². The molecule has 2 aromatic carbocycles. The van der Waals surface area contributed by atoms with E-state index < -0.39 is 0 Å². The fourth-order valence-electron chi connectivity index (χ4n) is 4.35. The van der Waals surface area contributed by atoms with Crippen molar-refractivity contribution in [3.63, 3.8) is 0 Å². The van der Waals surface area contributed by atoms with Crippen molar-refractivity contribution >= 4 is 5.91 Å². The van der Waals surface area contributed by atoms with Crippen LogP contribution < -0.4 is 0 Å². The highest BCUT2D eigenvalue weighted by atomic mass is 16.5. The molecule has 2 aromatic rings. The van der Waals surface area contributed by atoms with E-state index in [4.69, 9.17) is 4.74 Å². The Hall–Kier alpha value is -2.17. The topological polar surface area (TPSA) is 32.8 Å². The molecular weight excluding hydrogens is 324 g/mol. The molecular formula is C22H26N2O2. The molecule has 26 heavy (non-hydrogen) atoms. The molecule has 1 unspecified atom stereocenters. The van der Waals surface area contributed by atoms with E-state index in [2.05, 4.69) is 65.6 Å². The zero-order valence-corrected chi connectivity index (χ0v) is 15.5. The van der Waals surface area contributed by atoms with Crippen LogP contribution in [0.5, 0.6) is 0 Å². The summed E-state index contributed by atoms with van der Waals surface area (Å²) < 4.78 is 6.17. The number of carbonyl (C=O) groups excluding carboxylic acids is 1. The first-order valence-electron chi connectivity index (χ1n) is 9.42. The van der Waals surface area contributed by atoms with Crippen molar-refractivity contribution in [2.45, 2.75) is 31.6 Å². The van der Waals surface area contributed by atoms with Gasteiger partial charge < -0.3 is 9.64 Å².